The Morgan fingerprint density at radius 2 is 2.05 bits per heavy atom. The van der Waals surface area contributed by atoms with Crippen LogP contribution in [0.5, 0.6) is 0 Å². The van der Waals surface area contributed by atoms with Crippen molar-refractivity contribution in [3.05, 3.63) is 18.0 Å². The first-order valence-corrected chi connectivity index (χ1v) is 9.44. The number of nitrogens with two attached hydrogens (primary N) is 1. The van der Waals surface area contributed by atoms with E-state index >= 15 is 0 Å². The van der Waals surface area contributed by atoms with Gasteiger partial charge in [-0.15, -0.1) is 0 Å². The highest BCUT2D eigenvalue weighted by Gasteiger charge is 2.35. The summed E-state index contributed by atoms with van der Waals surface area (Å²) in [5.41, 5.74) is 6.71. The zero-order chi connectivity index (χ0) is 15.0. The molecule has 118 valence electrons. The van der Waals surface area contributed by atoms with Crippen molar-refractivity contribution in [2.24, 2.45) is 5.73 Å². The maximum atomic E-state index is 13.0. The average Bonchev–Trinajstić information content (AvgIpc) is 3.25. The fourth-order valence-corrected chi connectivity index (χ4v) is 5.15. The van der Waals surface area contributed by atoms with Crippen LogP contribution in [0.25, 0.3) is 0 Å². The van der Waals surface area contributed by atoms with Crippen molar-refractivity contribution in [1.29, 1.82) is 0 Å². The molecular weight excluding hydrogens is 286 g/mol. The fourth-order valence-electron chi connectivity index (χ4n) is 3.33. The van der Waals surface area contributed by atoms with Gasteiger partial charge >= 0.3 is 0 Å². The lowest BCUT2D eigenvalue weighted by Gasteiger charge is -2.33. The Labute approximate surface area is 127 Å². The highest BCUT2D eigenvalue weighted by Crippen LogP contribution is 2.38. The maximum absolute atomic E-state index is 13.0. The molecule has 1 saturated carbocycles. The predicted molar refractivity (Wildman–Crippen MR) is 82.4 cm³/mol. The van der Waals surface area contributed by atoms with Crippen LogP contribution in [-0.4, -0.2) is 29.9 Å². The molecule has 1 unspecified atom stereocenters. The number of piperidine rings is 1. The highest BCUT2D eigenvalue weighted by molar-refractivity contribution is 7.89. The molecule has 3 rings (SSSR count). The Balaban J connectivity index is 1.93. The van der Waals surface area contributed by atoms with E-state index in [4.69, 9.17) is 5.73 Å². The van der Waals surface area contributed by atoms with Crippen LogP contribution < -0.4 is 5.73 Å². The molecule has 2 heterocycles. The van der Waals surface area contributed by atoms with Gasteiger partial charge in [-0.3, -0.25) is 0 Å². The summed E-state index contributed by atoms with van der Waals surface area (Å²) in [6, 6.07) is 2.37. The number of hydrogen-bond acceptors (Lipinski definition) is 3. The molecule has 1 aromatic heterocycles. The summed E-state index contributed by atoms with van der Waals surface area (Å²) < 4.78 is 29.7. The van der Waals surface area contributed by atoms with Gasteiger partial charge in [-0.25, -0.2) is 8.42 Å². The van der Waals surface area contributed by atoms with E-state index < -0.39 is 10.0 Å². The van der Waals surface area contributed by atoms with Gasteiger partial charge in [0.2, 0.25) is 10.0 Å². The van der Waals surface area contributed by atoms with Crippen LogP contribution >= 0.6 is 0 Å². The van der Waals surface area contributed by atoms with Gasteiger partial charge in [-0.05, 0) is 38.2 Å². The monoisotopic (exact) mass is 311 g/mol. The Hall–Kier alpha value is -0.850. The minimum Gasteiger partial charge on any atom is -0.346 e. The van der Waals surface area contributed by atoms with Crippen molar-refractivity contribution in [1.82, 2.24) is 8.87 Å². The Bertz CT molecular complexity index is 604. The van der Waals surface area contributed by atoms with Gasteiger partial charge in [-0.1, -0.05) is 13.3 Å². The molecule has 1 atom stereocenters. The smallest absolute Gasteiger partial charge is 0.244 e. The van der Waals surface area contributed by atoms with Gasteiger partial charge < -0.3 is 10.3 Å². The number of rotatable bonds is 5. The average molecular weight is 311 g/mol. The lowest BCUT2D eigenvalue weighted by atomic mass is 10.0. The van der Waals surface area contributed by atoms with Crippen LogP contribution in [0.4, 0.5) is 0 Å². The van der Waals surface area contributed by atoms with Gasteiger partial charge in [0.25, 0.3) is 0 Å². The van der Waals surface area contributed by atoms with E-state index in [2.05, 4.69) is 11.5 Å². The normalized spacial score (nSPS) is 24.4. The topological polar surface area (TPSA) is 68.3 Å². The standard InChI is InChI=1S/C15H25N3O2S/c1-2-12-5-3-4-8-18(12)21(19,20)15-9-14(10-16)17(11-15)13-6-7-13/h9,11-13H,2-8,10,16H2,1H3. The molecule has 0 amide bonds. The Kier molecular flexibility index (Phi) is 4.12. The van der Waals surface area contributed by atoms with Crippen molar-refractivity contribution in [3.63, 3.8) is 0 Å². The lowest BCUT2D eigenvalue weighted by Crippen LogP contribution is -2.43. The molecule has 2 N–H and O–H groups in total. The van der Waals surface area contributed by atoms with Crippen LogP contribution in [0.1, 0.15) is 57.2 Å². The highest BCUT2D eigenvalue weighted by atomic mass is 32.2. The summed E-state index contributed by atoms with van der Waals surface area (Å²) in [5.74, 6) is 0. The summed E-state index contributed by atoms with van der Waals surface area (Å²) in [4.78, 5) is 0.426. The lowest BCUT2D eigenvalue weighted by molar-refractivity contribution is 0.246. The van der Waals surface area contributed by atoms with Crippen molar-refractivity contribution in [2.45, 2.75) is 69.0 Å². The minimum absolute atomic E-state index is 0.148. The van der Waals surface area contributed by atoms with Gasteiger partial charge in [0.15, 0.2) is 0 Å². The molecule has 5 nitrogen and oxygen atoms in total. The SMILES string of the molecule is CCC1CCCCN1S(=O)(=O)c1cc(CN)n(C2CC2)c1. The zero-order valence-electron chi connectivity index (χ0n) is 12.7. The third-order valence-corrected chi connectivity index (χ3v) is 6.62. The van der Waals surface area contributed by atoms with Crippen LogP contribution in [0, 0.1) is 0 Å². The first-order chi connectivity index (χ1) is 10.1. The quantitative estimate of drug-likeness (QED) is 0.906. The molecule has 0 radical (unpaired) electrons. The number of sulfonamides is 1. The molecule has 1 saturated heterocycles. The summed E-state index contributed by atoms with van der Waals surface area (Å²) in [7, 11) is -3.38. The molecule has 0 aromatic carbocycles. The molecule has 6 heteroatoms. The number of nitrogens with zero attached hydrogens (tertiary/aromatic N) is 2. The van der Waals surface area contributed by atoms with Gasteiger partial charge in [0.05, 0.1) is 0 Å². The Morgan fingerprint density at radius 1 is 1.29 bits per heavy atom. The van der Waals surface area contributed by atoms with E-state index in [0.717, 1.165) is 44.2 Å². The molecule has 21 heavy (non-hydrogen) atoms. The summed E-state index contributed by atoms with van der Waals surface area (Å²) in [6.07, 6.45) is 8.00. The van der Waals surface area contributed by atoms with Gasteiger partial charge in [0, 0.05) is 37.1 Å². The molecule has 1 aliphatic carbocycles. The molecule has 2 aliphatic rings. The van der Waals surface area contributed by atoms with E-state index in [0.29, 0.717) is 24.0 Å². The summed E-state index contributed by atoms with van der Waals surface area (Å²) >= 11 is 0. The molecule has 1 aromatic rings. The zero-order valence-corrected chi connectivity index (χ0v) is 13.5. The first kappa shape index (κ1) is 15.1. The second kappa shape index (κ2) is 5.74. The van der Waals surface area contributed by atoms with Crippen LogP contribution in [0.3, 0.4) is 0 Å². The summed E-state index contributed by atoms with van der Waals surface area (Å²) in [5, 5.41) is 0. The van der Waals surface area contributed by atoms with E-state index in [1.54, 1.807) is 16.6 Å². The molecule has 2 fully saturated rings. The fraction of sp³-hybridized carbons (Fsp3) is 0.733. The van der Waals surface area contributed by atoms with Gasteiger partial charge in [-0.2, -0.15) is 4.31 Å². The summed E-state index contributed by atoms with van der Waals surface area (Å²) in [6.45, 7) is 3.11. The maximum Gasteiger partial charge on any atom is 0.244 e. The van der Waals surface area contributed by atoms with E-state index in [1.807, 2.05) is 0 Å². The van der Waals surface area contributed by atoms with E-state index in [-0.39, 0.29) is 6.04 Å². The van der Waals surface area contributed by atoms with Crippen LogP contribution in [0.15, 0.2) is 17.2 Å². The van der Waals surface area contributed by atoms with Crippen LogP contribution in [-0.2, 0) is 16.6 Å². The number of hydrogen-bond donors (Lipinski definition) is 1. The van der Waals surface area contributed by atoms with E-state index in [1.165, 1.54) is 0 Å². The third-order valence-electron chi connectivity index (χ3n) is 4.71. The second-order valence-corrected chi connectivity index (χ2v) is 8.07. The van der Waals surface area contributed by atoms with Crippen LogP contribution in [0.2, 0.25) is 0 Å². The molecule has 0 bridgehead atoms. The van der Waals surface area contributed by atoms with Gasteiger partial charge in [0.1, 0.15) is 4.90 Å². The van der Waals surface area contributed by atoms with Crippen molar-refractivity contribution < 1.29 is 8.42 Å². The Morgan fingerprint density at radius 3 is 2.67 bits per heavy atom. The van der Waals surface area contributed by atoms with E-state index in [9.17, 15) is 8.42 Å². The minimum atomic E-state index is -3.38. The third kappa shape index (κ3) is 2.76. The second-order valence-electron chi connectivity index (χ2n) is 6.18. The molecule has 0 spiro atoms. The molecule has 1 aliphatic heterocycles. The largest absolute Gasteiger partial charge is 0.346 e. The van der Waals surface area contributed by atoms with Crippen molar-refractivity contribution >= 4 is 10.0 Å². The van der Waals surface area contributed by atoms with Crippen molar-refractivity contribution in [3.8, 4) is 0 Å². The predicted octanol–water partition coefficient (Wildman–Crippen LogP) is 2.23. The van der Waals surface area contributed by atoms with Crippen molar-refractivity contribution in [2.75, 3.05) is 6.54 Å². The first-order valence-electron chi connectivity index (χ1n) is 8.00. The molecular formula is C15H25N3O2S. The number of aromatic nitrogens is 1.